The van der Waals surface area contributed by atoms with Crippen LogP contribution in [0, 0.1) is 0 Å². The molecule has 0 saturated heterocycles. The molecule has 0 unspecified atom stereocenters. The van der Waals surface area contributed by atoms with E-state index in [9.17, 15) is 13.2 Å². The van der Waals surface area contributed by atoms with Crippen LogP contribution in [0.2, 0.25) is 0 Å². The summed E-state index contributed by atoms with van der Waals surface area (Å²) in [6, 6.07) is 9.14. The Morgan fingerprint density at radius 3 is 2.55 bits per heavy atom. The van der Waals surface area contributed by atoms with Crippen molar-refractivity contribution in [3.05, 3.63) is 36.4 Å². The predicted octanol–water partition coefficient (Wildman–Crippen LogP) is 3.96. The minimum absolute atomic E-state index is 0.264. The summed E-state index contributed by atoms with van der Waals surface area (Å²) in [5.74, 6) is -0.264. The van der Waals surface area contributed by atoms with Crippen molar-refractivity contribution >= 4 is 23.3 Å². The van der Waals surface area contributed by atoms with Crippen LogP contribution >= 0.6 is 0 Å². The summed E-state index contributed by atoms with van der Waals surface area (Å²) in [7, 11) is 0. The van der Waals surface area contributed by atoms with Gasteiger partial charge < -0.3 is 15.8 Å². The standard InChI is InChI=1S/C15H12F3N3O/c16-15(17,18)22-11-3-1-9(2-4-11)12-7-10(19)8-13-14(12)21-6-5-20-13/h1-5,7-8,21H,6,19H2. The number of hydrogen-bond donors (Lipinski definition) is 2. The number of nitrogens with one attached hydrogen (secondary N) is 1. The smallest absolute Gasteiger partial charge is 0.406 e. The van der Waals surface area contributed by atoms with E-state index in [0.717, 1.165) is 16.8 Å². The van der Waals surface area contributed by atoms with Crippen molar-refractivity contribution in [2.24, 2.45) is 4.99 Å². The van der Waals surface area contributed by atoms with Crippen LogP contribution in [0.15, 0.2) is 41.4 Å². The molecule has 0 spiro atoms. The third kappa shape index (κ3) is 2.98. The molecule has 114 valence electrons. The molecule has 2 aromatic rings. The predicted molar refractivity (Wildman–Crippen MR) is 79.6 cm³/mol. The molecule has 3 N–H and O–H groups in total. The fourth-order valence-electron chi connectivity index (χ4n) is 2.29. The lowest BCUT2D eigenvalue weighted by Crippen LogP contribution is -2.16. The average Bonchev–Trinajstić information content (AvgIpc) is 2.45. The summed E-state index contributed by atoms with van der Waals surface area (Å²) in [6.07, 6.45) is -2.97. The van der Waals surface area contributed by atoms with Gasteiger partial charge in [0, 0.05) is 17.5 Å². The lowest BCUT2D eigenvalue weighted by molar-refractivity contribution is -0.274. The van der Waals surface area contributed by atoms with E-state index in [1.54, 1.807) is 30.5 Å². The summed E-state index contributed by atoms with van der Waals surface area (Å²) >= 11 is 0. The van der Waals surface area contributed by atoms with Gasteiger partial charge in [0.05, 0.1) is 17.9 Å². The Hall–Kier alpha value is -2.70. The van der Waals surface area contributed by atoms with Gasteiger partial charge in [-0.05, 0) is 29.8 Å². The second-order valence-corrected chi connectivity index (χ2v) is 4.73. The van der Waals surface area contributed by atoms with Crippen molar-refractivity contribution in [3.8, 4) is 16.9 Å². The van der Waals surface area contributed by atoms with Gasteiger partial charge in [-0.15, -0.1) is 13.2 Å². The van der Waals surface area contributed by atoms with E-state index in [0.29, 0.717) is 17.9 Å². The van der Waals surface area contributed by atoms with Gasteiger partial charge in [-0.25, -0.2) is 0 Å². The molecule has 7 heteroatoms. The number of fused-ring (bicyclic) bond motifs is 1. The van der Waals surface area contributed by atoms with Crippen molar-refractivity contribution in [1.82, 2.24) is 0 Å². The van der Waals surface area contributed by atoms with E-state index in [2.05, 4.69) is 15.0 Å². The van der Waals surface area contributed by atoms with Crippen LogP contribution in [0.4, 0.5) is 30.2 Å². The highest BCUT2D eigenvalue weighted by Gasteiger charge is 2.31. The van der Waals surface area contributed by atoms with Crippen molar-refractivity contribution in [1.29, 1.82) is 0 Å². The number of rotatable bonds is 2. The highest BCUT2D eigenvalue weighted by Crippen LogP contribution is 2.40. The Labute approximate surface area is 124 Å². The third-order valence-electron chi connectivity index (χ3n) is 3.14. The van der Waals surface area contributed by atoms with E-state index < -0.39 is 6.36 Å². The summed E-state index contributed by atoms with van der Waals surface area (Å²) < 4.78 is 40.4. The molecule has 2 aromatic carbocycles. The van der Waals surface area contributed by atoms with Gasteiger partial charge in [0.25, 0.3) is 0 Å². The third-order valence-corrected chi connectivity index (χ3v) is 3.14. The molecule has 1 aliphatic rings. The van der Waals surface area contributed by atoms with Crippen molar-refractivity contribution < 1.29 is 17.9 Å². The fourth-order valence-corrected chi connectivity index (χ4v) is 2.29. The molecule has 0 amide bonds. The first-order chi connectivity index (χ1) is 10.4. The molecular weight excluding hydrogens is 295 g/mol. The van der Waals surface area contributed by atoms with E-state index in [1.165, 1.54) is 12.1 Å². The van der Waals surface area contributed by atoms with Crippen LogP contribution in [0.1, 0.15) is 0 Å². The molecule has 0 aromatic heterocycles. The van der Waals surface area contributed by atoms with Crippen LogP contribution in [0.3, 0.4) is 0 Å². The first-order valence-electron chi connectivity index (χ1n) is 6.48. The monoisotopic (exact) mass is 307 g/mol. The molecule has 22 heavy (non-hydrogen) atoms. The normalized spacial score (nSPS) is 13.4. The summed E-state index contributed by atoms with van der Waals surface area (Å²) in [4.78, 5) is 4.27. The number of nitrogens with two attached hydrogens (primary N) is 1. The van der Waals surface area contributed by atoms with E-state index in [4.69, 9.17) is 5.73 Å². The topological polar surface area (TPSA) is 59.6 Å². The van der Waals surface area contributed by atoms with E-state index >= 15 is 0 Å². The minimum Gasteiger partial charge on any atom is -0.406 e. The van der Waals surface area contributed by atoms with E-state index in [-0.39, 0.29) is 5.75 Å². The Balaban J connectivity index is 1.98. The van der Waals surface area contributed by atoms with Crippen LogP contribution < -0.4 is 15.8 Å². The van der Waals surface area contributed by atoms with Gasteiger partial charge in [-0.1, -0.05) is 12.1 Å². The van der Waals surface area contributed by atoms with Gasteiger partial charge in [0.1, 0.15) is 5.75 Å². The summed E-state index contributed by atoms with van der Waals surface area (Å²) in [5.41, 5.74) is 9.41. The van der Waals surface area contributed by atoms with Crippen LogP contribution in [-0.2, 0) is 0 Å². The molecule has 1 aliphatic heterocycles. The van der Waals surface area contributed by atoms with Crippen molar-refractivity contribution in [3.63, 3.8) is 0 Å². The molecule has 0 atom stereocenters. The lowest BCUT2D eigenvalue weighted by Gasteiger charge is -2.18. The van der Waals surface area contributed by atoms with Crippen LogP contribution in [0.5, 0.6) is 5.75 Å². The maximum absolute atomic E-state index is 12.2. The number of anilines is 2. The quantitative estimate of drug-likeness (QED) is 0.826. The zero-order chi connectivity index (χ0) is 15.7. The second kappa shape index (κ2) is 5.25. The zero-order valence-electron chi connectivity index (χ0n) is 11.3. The number of benzene rings is 2. The number of hydrogen-bond acceptors (Lipinski definition) is 4. The van der Waals surface area contributed by atoms with Crippen molar-refractivity contribution in [2.45, 2.75) is 6.36 Å². The maximum Gasteiger partial charge on any atom is 0.573 e. The summed E-state index contributed by atoms with van der Waals surface area (Å²) in [5, 5.41) is 3.19. The molecule has 1 heterocycles. The molecule has 4 nitrogen and oxygen atoms in total. The number of halogens is 3. The fraction of sp³-hybridized carbons (Fsp3) is 0.133. The Morgan fingerprint density at radius 1 is 1.14 bits per heavy atom. The van der Waals surface area contributed by atoms with Gasteiger partial charge >= 0.3 is 6.36 Å². The van der Waals surface area contributed by atoms with Crippen LogP contribution in [-0.4, -0.2) is 19.1 Å². The van der Waals surface area contributed by atoms with Gasteiger partial charge in [-0.2, -0.15) is 0 Å². The van der Waals surface area contributed by atoms with Crippen LogP contribution in [0.25, 0.3) is 11.1 Å². The molecule has 0 bridgehead atoms. The highest BCUT2D eigenvalue weighted by atomic mass is 19.4. The summed E-state index contributed by atoms with van der Waals surface area (Å²) in [6.45, 7) is 0.583. The Morgan fingerprint density at radius 2 is 1.86 bits per heavy atom. The Bertz CT molecular complexity index is 724. The average molecular weight is 307 g/mol. The van der Waals surface area contributed by atoms with Crippen molar-refractivity contribution in [2.75, 3.05) is 17.6 Å². The molecule has 0 fully saturated rings. The molecule has 3 rings (SSSR count). The SMILES string of the molecule is Nc1cc2c(c(-c3ccc(OC(F)(F)F)cc3)c1)NCC=N2. The second-order valence-electron chi connectivity index (χ2n) is 4.73. The molecule has 0 saturated carbocycles. The minimum atomic E-state index is -4.70. The number of ether oxygens (including phenoxy) is 1. The number of nitrogens with zero attached hydrogens (tertiary/aromatic N) is 1. The number of alkyl halides is 3. The Kier molecular flexibility index (Phi) is 3.40. The molecular formula is C15H12F3N3O. The molecule has 0 aliphatic carbocycles. The largest absolute Gasteiger partial charge is 0.573 e. The number of nitrogen functional groups attached to an aromatic ring is 1. The van der Waals surface area contributed by atoms with Gasteiger partial charge in [-0.3, -0.25) is 4.99 Å². The molecule has 0 radical (unpaired) electrons. The first-order valence-corrected chi connectivity index (χ1v) is 6.48. The highest BCUT2D eigenvalue weighted by molar-refractivity contribution is 5.93. The first kappa shape index (κ1) is 14.2. The maximum atomic E-state index is 12.2. The zero-order valence-corrected chi connectivity index (χ0v) is 11.3. The van der Waals surface area contributed by atoms with E-state index in [1.807, 2.05) is 0 Å². The van der Waals surface area contributed by atoms with Gasteiger partial charge in [0.2, 0.25) is 0 Å². The number of aliphatic imine (C=N–C) groups is 1. The van der Waals surface area contributed by atoms with Gasteiger partial charge in [0.15, 0.2) is 0 Å². The lowest BCUT2D eigenvalue weighted by atomic mass is 10.0.